The molecule has 0 spiro atoms. The van der Waals surface area contributed by atoms with Gasteiger partial charge in [-0.25, -0.2) is 0 Å². The number of rotatable bonds is 4. The summed E-state index contributed by atoms with van der Waals surface area (Å²) in [5.74, 6) is 0.0541. The molecule has 0 aliphatic heterocycles. The number of aromatic nitrogens is 4. The summed E-state index contributed by atoms with van der Waals surface area (Å²) in [5.41, 5.74) is 3.31. The highest BCUT2D eigenvalue weighted by molar-refractivity contribution is 9.10. The third kappa shape index (κ3) is 2.63. The fourth-order valence-electron chi connectivity index (χ4n) is 2.15. The van der Waals surface area contributed by atoms with E-state index in [0.29, 0.717) is 12.1 Å². The van der Waals surface area contributed by atoms with E-state index >= 15 is 0 Å². The van der Waals surface area contributed by atoms with Crippen molar-refractivity contribution in [3.05, 3.63) is 33.3 Å². The van der Waals surface area contributed by atoms with Crippen molar-refractivity contribution in [1.82, 2.24) is 19.6 Å². The highest BCUT2D eigenvalue weighted by atomic mass is 79.9. The zero-order valence-electron chi connectivity index (χ0n) is 11.6. The first-order chi connectivity index (χ1) is 8.93. The molecule has 2 heterocycles. The fourth-order valence-corrected chi connectivity index (χ4v) is 2.58. The summed E-state index contributed by atoms with van der Waals surface area (Å²) in [6, 6.07) is 1.82. The van der Waals surface area contributed by atoms with Gasteiger partial charge in [-0.05, 0) is 42.8 Å². The molecule has 19 heavy (non-hydrogen) atoms. The van der Waals surface area contributed by atoms with Gasteiger partial charge in [0.15, 0.2) is 5.78 Å². The Morgan fingerprint density at radius 2 is 2.05 bits per heavy atom. The van der Waals surface area contributed by atoms with Gasteiger partial charge in [0.1, 0.15) is 5.69 Å². The zero-order chi connectivity index (χ0) is 14.2. The van der Waals surface area contributed by atoms with E-state index in [-0.39, 0.29) is 5.78 Å². The third-order valence-corrected chi connectivity index (χ3v) is 4.10. The van der Waals surface area contributed by atoms with Crippen molar-refractivity contribution in [3.8, 4) is 0 Å². The molecule has 0 saturated carbocycles. The van der Waals surface area contributed by atoms with Crippen LogP contribution >= 0.6 is 15.9 Å². The van der Waals surface area contributed by atoms with E-state index in [4.69, 9.17) is 0 Å². The maximum Gasteiger partial charge on any atom is 0.186 e. The second kappa shape index (κ2) is 5.28. The minimum absolute atomic E-state index is 0.0541. The molecule has 0 atom stereocenters. The highest BCUT2D eigenvalue weighted by Gasteiger charge is 2.19. The number of carbonyl (C=O) groups excluding carboxylic acids is 1. The molecule has 102 valence electrons. The van der Waals surface area contributed by atoms with Crippen LogP contribution in [0.2, 0.25) is 0 Å². The highest BCUT2D eigenvalue weighted by Crippen LogP contribution is 2.22. The van der Waals surface area contributed by atoms with Gasteiger partial charge in [0.2, 0.25) is 0 Å². The SMILES string of the molecule is CCn1nc(C)c(Br)c1CC(=O)c1cc(C)nn1C. The molecule has 0 saturated heterocycles. The van der Waals surface area contributed by atoms with Gasteiger partial charge in [-0.3, -0.25) is 14.2 Å². The number of hydrogen-bond acceptors (Lipinski definition) is 3. The molecule has 5 nitrogen and oxygen atoms in total. The van der Waals surface area contributed by atoms with E-state index in [2.05, 4.69) is 26.1 Å². The summed E-state index contributed by atoms with van der Waals surface area (Å²) in [4.78, 5) is 12.4. The van der Waals surface area contributed by atoms with Gasteiger partial charge in [0.05, 0.1) is 28.0 Å². The van der Waals surface area contributed by atoms with E-state index < -0.39 is 0 Å². The molecule has 0 N–H and O–H groups in total. The predicted molar refractivity (Wildman–Crippen MR) is 76.3 cm³/mol. The summed E-state index contributed by atoms with van der Waals surface area (Å²) < 4.78 is 4.41. The lowest BCUT2D eigenvalue weighted by atomic mass is 10.1. The van der Waals surface area contributed by atoms with Gasteiger partial charge < -0.3 is 0 Å². The molecule has 0 aliphatic rings. The predicted octanol–water partition coefficient (Wildman–Crippen LogP) is 2.44. The molecule has 0 unspecified atom stereocenters. The third-order valence-electron chi connectivity index (χ3n) is 3.07. The monoisotopic (exact) mass is 324 g/mol. The first-order valence-corrected chi connectivity index (χ1v) is 6.99. The second-order valence-corrected chi connectivity index (χ2v) is 5.35. The number of Topliss-reactive ketones (excluding diaryl/α,β-unsaturated/α-hetero) is 1. The van der Waals surface area contributed by atoms with Gasteiger partial charge in [0.25, 0.3) is 0 Å². The fraction of sp³-hybridized carbons (Fsp3) is 0.462. The Labute approximate surface area is 120 Å². The van der Waals surface area contributed by atoms with Crippen LogP contribution in [-0.2, 0) is 20.0 Å². The normalized spacial score (nSPS) is 11.0. The van der Waals surface area contributed by atoms with Crippen LogP contribution in [-0.4, -0.2) is 25.3 Å². The number of halogens is 1. The van der Waals surface area contributed by atoms with Crippen molar-refractivity contribution in [2.24, 2.45) is 7.05 Å². The Balaban J connectivity index is 2.31. The Morgan fingerprint density at radius 1 is 1.37 bits per heavy atom. The maximum absolute atomic E-state index is 12.4. The smallest absolute Gasteiger partial charge is 0.186 e. The molecule has 0 amide bonds. The van der Waals surface area contributed by atoms with Gasteiger partial charge in [0, 0.05) is 13.6 Å². The Morgan fingerprint density at radius 3 is 2.58 bits per heavy atom. The van der Waals surface area contributed by atoms with Gasteiger partial charge >= 0.3 is 0 Å². The first-order valence-electron chi connectivity index (χ1n) is 6.19. The topological polar surface area (TPSA) is 52.7 Å². The van der Waals surface area contributed by atoms with Gasteiger partial charge in [-0.2, -0.15) is 10.2 Å². The van der Waals surface area contributed by atoms with Crippen LogP contribution in [0, 0.1) is 13.8 Å². The van der Waals surface area contributed by atoms with Crippen LogP contribution in [0.1, 0.15) is 34.5 Å². The number of hydrogen-bond donors (Lipinski definition) is 0. The summed E-state index contributed by atoms with van der Waals surface area (Å²) in [6.45, 7) is 6.58. The van der Waals surface area contributed by atoms with E-state index in [1.54, 1.807) is 11.7 Å². The largest absolute Gasteiger partial charge is 0.292 e. The molecule has 0 bridgehead atoms. The van der Waals surface area contributed by atoms with Crippen LogP contribution in [0.3, 0.4) is 0 Å². The zero-order valence-corrected chi connectivity index (χ0v) is 13.2. The lowest BCUT2D eigenvalue weighted by molar-refractivity contribution is 0.0981. The minimum atomic E-state index is 0.0541. The van der Waals surface area contributed by atoms with Crippen LogP contribution < -0.4 is 0 Å². The van der Waals surface area contributed by atoms with E-state index in [0.717, 1.165) is 28.1 Å². The van der Waals surface area contributed by atoms with Crippen molar-refractivity contribution in [1.29, 1.82) is 0 Å². The second-order valence-electron chi connectivity index (χ2n) is 4.56. The molecule has 2 aromatic rings. The molecule has 2 aromatic heterocycles. The molecule has 0 fully saturated rings. The van der Waals surface area contributed by atoms with Crippen molar-refractivity contribution >= 4 is 21.7 Å². The van der Waals surface area contributed by atoms with Gasteiger partial charge in [-0.15, -0.1) is 0 Å². The van der Waals surface area contributed by atoms with Crippen LogP contribution in [0.25, 0.3) is 0 Å². The lowest BCUT2D eigenvalue weighted by Crippen LogP contribution is -2.13. The Hall–Kier alpha value is -1.43. The lowest BCUT2D eigenvalue weighted by Gasteiger charge is -2.05. The van der Waals surface area contributed by atoms with E-state index in [1.807, 2.05) is 31.5 Å². The van der Waals surface area contributed by atoms with E-state index in [1.165, 1.54) is 0 Å². The summed E-state index contributed by atoms with van der Waals surface area (Å²) in [7, 11) is 1.79. The van der Waals surface area contributed by atoms with Crippen molar-refractivity contribution < 1.29 is 4.79 Å². The molecular formula is C13H17BrN4O. The molecule has 6 heteroatoms. The minimum Gasteiger partial charge on any atom is -0.292 e. The standard InChI is InChI=1S/C13H17BrN4O/c1-5-18-11(13(14)9(3)16-18)7-12(19)10-6-8(2)15-17(10)4/h6H,5,7H2,1-4H3. The molecule has 0 aromatic carbocycles. The van der Waals surface area contributed by atoms with Crippen molar-refractivity contribution in [2.45, 2.75) is 33.7 Å². The quantitative estimate of drug-likeness (QED) is 0.812. The number of carbonyl (C=O) groups is 1. The van der Waals surface area contributed by atoms with Crippen LogP contribution in [0.5, 0.6) is 0 Å². The van der Waals surface area contributed by atoms with Gasteiger partial charge in [-0.1, -0.05) is 0 Å². The summed E-state index contributed by atoms with van der Waals surface area (Å²) in [5, 5.41) is 8.60. The maximum atomic E-state index is 12.4. The number of nitrogens with zero attached hydrogens (tertiary/aromatic N) is 4. The van der Waals surface area contributed by atoms with Crippen LogP contribution in [0.4, 0.5) is 0 Å². The van der Waals surface area contributed by atoms with Crippen molar-refractivity contribution in [3.63, 3.8) is 0 Å². The summed E-state index contributed by atoms with van der Waals surface area (Å²) >= 11 is 3.51. The molecule has 0 aliphatic carbocycles. The molecular weight excluding hydrogens is 308 g/mol. The average Bonchev–Trinajstić information content (AvgIpc) is 2.83. The Kier molecular flexibility index (Phi) is 3.89. The Bertz CT molecular complexity index is 627. The number of ketones is 1. The number of aryl methyl sites for hydroxylation is 4. The summed E-state index contributed by atoms with van der Waals surface area (Å²) in [6.07, 6.45) is 0.328. The van der Waals surface area contributed by atoms with Crippen molar-refractivity contribution in [2.75, 3.05) is 0 Å². The van der Waals surface area contributed by atoms with E-state index in [9.17, 15) is 4.79 Å². The van der Waals surface area contributed by atoms with Crippen LogP contribution in [0.15, 0.2) is 10.5 Å². The molecule has 2 rings (SSSR count). The average molecular weight is 325 g/mol. The first kappa shape index (κ1) is 14.0. The molecule has 0 radical (unpaired) electrons.